The Morgan fingerprint density at radius 1 is 1.43 bits per heavy atom. The fourth-order valence-electron chi connectivity index (χ4n) is 2.07. The standard InChI is InChI=1S/C15H12ClFN4O2/c1-2-23-15(22)10-8-18-13-5-6-19-21(13)14(10)20-12-7-9(16)3-4-11(12)17/h3-8,20H,2H2,1H3. The minimum atomic E-state index is -0.581. The molecule has 3 aromatic rings. The van der Waals surface area contributed by atoms with E-state index >= 15 is 0 Å². The van der Waals surface area contributed by atoms with Gasteiger partial charge in [-0.3, -0.25) is 0 Å². The number of nitrogens with one attached hydrogen (secondary N) is 1. The lowest BCUT2D eigenvalue weighted by molar-refractivity contribution is 0.0526. The van der Waals surface area contributed by atoms with Crippen molar-refractivity contribution in [2.45, 2.75) is 6.92 Å². The minimum Gasteiger partial charge on any atom is -0.462 e. The molecule has 0 spiro atoms. The number of carbonyl (C=O) groups excluding carboxylic acids is 1. The van der Waals surface area contributed by atoms with E-state index in [-0.39, 0.29) is 23.7 Å². The number of benzene rings is 1. The Labute approximate surface area is 135 Å². The second-order valence-electron chi connectivity index (χ2n) is 4.59. The van der Waals surface area contributed by atoms with Gasteiger partial charge >= 0.3 is 5.97 Å². The lowest BCUT2D eigenvalue weighted by atomic mass is 10.2. The Balaban J connectivity index is 2.13. The number of hydrogen-bond donors (Lipinski definition) is 1. The number of nitrogens with zero attached hydrogens (tertiary/aromatic N) is 3. The van der Waals surface area contributed by atoms with Crippen molar-refractivity contribution < 1.29 is 13.9 Å². The molecule has 0 saturated carbocycles. The number of esters is 1. The van der Waals surface area contributed by atoms with Gasteiger partial charge in [-0.05, 0) is 25.1 Å². The highest BCUT2D eigenvalue weighted by Gasteiger charge is 2.18. The number of hydrogen-bond acceptors (Lipinski definition) is 5. The first-order valence-corrected chi connectivity index (χ1v) is 7.20. The first-order valence-electron chi connectivity index (χ1n) is 6.82. The molecule has 0 unspecified atom stereocenters. The van der Waals surface area contributed by atoms with E-state index in [1.54, 1.807) is 13.0 Å². The van der Waals surface area contributed by atoms with Crippen LogP contribution in [-0.2, 0) is 4.74 Å². The Bertz CT molecular complexity index is 881. The topological polar surface area (TPSA) is 68.5 Å². The lowest BCUT2D eigenvalue weighted by Gasteiger charge is -2.13. The molecule has 23 heavy (non-hydrogen) atoms. The first-order chi connectivity index (χ1) is 11.1. The van der Waals surface area contributed by atoms with Crippen molar-refractivity contribution in [3.05, 3.63) is 53.1 Å². The monoisotopic (exact) mass is 334 g/mol. The number of ether oxygens (including phenoxy) is 1. The molecule has 8 heteroatoms. The zero-order valence-corrected chi connectivity index (χ0v) is 12.8. The van der Waals surface area contributed by atoms with Gasteiger partial charge in [0.25, 0.3) is 0 Å². The maximum absolute atomic E-state index is 14.0. The second kappa shape index (κ2) is 6.21. The third-order valence-electron chi connectivity index (χ3n) is 3.09. The Morgan fingerprint density at radius 2 is 2.26 bits per heavy atom. The van der Waals surface area contributed by atoms with Crippen LogP contribution in [-0.4, -0.2) is 27.2 Å². The molecular formula is C15H12ClFN4O2. The minimum absolute atomic E-state index is 0.117. The smallest absolute Gasteiger partial charge is 0.343 e. The van der Waals surface area contributed by atoms with Crippen molar-refractivity contribution in [2.24, 2.45) is 0 Å². The molecule has 2 aromatic heterocycles. The predicted molar refractivity (Wildman–Crippen MR) is 83.6 cm³/mol. The van der Waals surface area contributed by atoms with Crippen LogP contribution in [0.5, 0.6) is 0 Å². The largest absolute Gasteiger partial charge is 0.462 e. The van der Waals surface area contributed by atoms with E-state index in [1.807, 2.05) is 0 Å². The Morgan fingerprint density at radius 3 is 3.04 bits per heavy atom. The summed E-state index contributed by atoms with van der Waals surface area (Å²) in [5, 5.41) is 7.31. The van der Waals surface area contributed by atoms with E-state index in [4.69, 9.17) is 16.3 Å². The van der Waals surface area contributed by atoms with Crippen molar-refractivity contribution in [1.82, 2.24) is 14.6 Å². The van der Waals surface area contributed by atoms with Gasteiger partial charge in [-0.25, -0.2) is 14.2 Å². The van der Waals surface area contributed by atoms with Gasteiger partial charge in [0.2, 0.25) is 0 Å². The Kier molecular flexibility index (Phi) is 4.12. The maximum atomic E-state index is 14.0. The molecule has 0 fully saturated rings. The summed E-state index contributed by atoms with van der Waals surface area (Å²) >= 11 is 5.90. The number of fused-ring (bicyclic) bond motifs is 1. The van der Waals surface area contributed by atoms with Crippen LogP contribution in [0.15, 0.2) is 36.7 Å². The molecule has 0 aliphatic rings. The summed E-state index contributed by atoms with van der Waals surface area (Å²) < 4.78 is 20.4. The summed E-state index contributed by atoms with van der Waals surface area (Å²) in [5.41, 5.74) is 0.761. The highest BCUT2D eigenvalue weighted by molar-refractivity contribution is 6.30. The van der Waals surface area contributed by atoms with Crippen LogP contribution in [0.2, 0.25) is 5.02 Å². The molecule has 6 nitrogen and oxygen atoms in total. The van der Waals surface area contributed by atoms with Gasteiger partial charge < -0.3 is 10.1 Å². The predicted octanol–water partition coefficient (Wildman–Crippen LogP) is 3.44. The normalized spacial score (nSPS) is 10.7. The number of anilines is 2. The van der Waals surface area contributed by atoms with Gasteiger partial charge in [-0.15, -0.1) is 0 Å². The van der Waals surface area contributed by atoms with Gasteiger partial charge in [-0.2, -0.15) is 9.61 Å². The van der Waals surface area contributed by atoms with Crippen molar-refractivity contribution in [3.63, 3.8) is 0 Å². The molecule has 0 atom stereocenters. The molecule has 118 valence electrons. The molecule has 0 aliphatic heterocycles. The summed E-state index contributed by atoms with van der Waals surface area (Å²) in [6, 6.07) is 5.75. The maximum Gasteiger partial charge on any atom is 0.343 e. The third kappa shape index (κ3) is 2.95. The number of rotatable bonds is 4. The lowest BCUT2D eigenvalue weighted by Crippen LogP contribution is -2.13. The quantitative estimate of drug-likeness (QED) is 0.740. The number of aromatic nitrogens is 3. The van der Waals surface area contributed by atoms with Gasteiger partial charge in [0.1, 0.15) is 11.4 Å². The van der Waals surface area contributed by atoms with Crippen molar-refractivity contribution in [3.8, 4) is 0 Å². The first kappa shape index (κ1) is 15.2. The van der Waals surface area contributed by atoms with Gasteiger partial charge in [0.05, 0.1) is 18.5 Å². The van der Waals surface area contributed by atoms with Crippen LogP contribution in [0.1, 0.15) is 17.3 Å². The molecule has 0 bridgehead atoms. The molecule has 0 amide bonds. The zero-order valence-electron chi connectivity index (χ0n) is 12.1. The molecule has 1 N–H and O–H groups in total. The van der Waals surface area contributed by atoms with Crippen LogP contribution < -0.4 is 5.32 Å². The summed E-state index contributed by atoms with van der Waals surface area (Å²) in [6.07, 6.45) is 2.89. The number of halogens is 2. The fourth-order valence-corrected chi connectivity index (χ4v) is 2.24. The van der Waals surface area contributed by atoms with Crippen molar-refractivity contribution in [1.29, 1.82) is 0 Å². The average molecular weight is 335 g/mol. The van der Waals surface area contributed by atoms with Crippen LogP contribution in [0.4, 0.5) is 15.9 Å². The van der Waals surface area contributed by atoms with Crippen LogP contribution in [0.3, 0.4) is 0 Å². The van der Waals surface area contributed by atoms with Gasteiger partial charge in [0.15, 0.2) is 11.5 Å². The summed E-state index contributed by atoms with van der Waals surface area (Å²) in [6.45, 7) is 1.91. The van der Waals surface area contributed by atoms with Crippen LogP contribution >= 0.6 is 11.6 Å². The van der Waals surface area contributed by atoms with E-state index in [2.05, 4.69) is 15.4 Å². The molecule has 2 heterocycles. The molecule has 0 saturated heterocycles. The molecule has 3 rings (SSSR count). The van der Waals surface area contributed by atoms with E-state index in [0.717, 1.165) is 0 Å². The Hall–Kier alpha value is -2.67. The molecular weight excluding hydrogens is 323 g/mol. The summed E-state index contributed by atoms with van der Waals surface area (Å²) in [4.78, 5) is 16.2. The fraction of sp³-hybridized carbons (Fsp3) is 0.133. The highest BCUT2D eigenvalue weighted by atomic mass is 35.5. The van der Waals surface area contributed by atoms with Crippen molar-refractivity contribution >= 4 is 34.7 Å². The van der Waals surface area contributed by atoms with E-state index in [9.17, 15) is 9.18 Å². The summed E-state index contributed by atoms with van der Waals surface area (Å²) in [7, 11) is 0. The highest BCUT2D eigenvalue weighted by Crippen LogP contribution is 2.26. The van der Waals surface area contributed by atoms with E-state index in [1.165, 1.54) is 35.1 Å². The van der Waals surface area contributed by atoms with Crippen molar-refractivity contribution in [2.75, 3.05) is 11.9 Å². The van der Waals surface area contributed by atoms with Crippen LogP contribution in [0.25, 0.3) is 5.65 Å². The molecule has 1 aromatic carbocycles. The average Bonchev–Trinajstić information content (AvgIpc) is 3.00. The second-order valence-corrected chi connectivity index (χ2v) is 5.03. The van der Waals surface area contributed by atoms with Gasteiger partial charge in [0, 0.05) is 17.3 Å². The van der Waals surface area contributed by atoms with E-state index < -0.39 is 11.8 Å². The summed E-state index contributed by atoms with van der Waals surface area (Å²) in [5.74, 6) is -0.844. The van der Waals surface area contributed by atoms with Gasteiger partial charge in [-0.1, -0.05) is 11.6 Å². The molecule has 0 radical (unpaired) electrons. The third-order valence-corrected chi connectivity index (χ3v) is 3.33. The van der Waals surface area contributed by atoms with E-state index in [0.29, 0.717) is 10.7 Å². The molecule has 0 aliphatic carbocycles. The zero-order chi connectivity index (χ0) is 16.4. The number of carbonyl (C=O) groups is 1. The van der Waals surface area contributed by atoms with Crippen LogP contribution in [0, 0.1) is 5.82 Å². The SMILES string of the molecule is CCOC(=O)c1cnc2ccnn2c1Nc1cc(Cl)ccc1F.